The summed E-state index contributed by atoms with van der Waals surface area (Å²) >= 11 is 0. The Hall–Kier alpha value is -2.09. The van der Waals surface area contributed by atoms with Crippen molar-refractivity contribution in [1.82, 2.24) is 0 Å². The van der Waals surface area contributed by atoms with Crippen molar-refractivity contribution in [3.8, 4) is 11.1 Å². The highest BCUT2D eigenvalue weighted by Crippen LogP contribution is 2.40. The zero-order chi connectivity index (χ0) is 13.4. The average molecular weight is 251 g/mol. The number of carbonyl (C=O) groups is 1. The molecule has 1 aliphatic heterocycles. The van der Waals surface area contributed by atoms with Crippen molar-refractivity contribution >= 4 is 11.6 Å². The van der Waals surface area contributed by atoms with Crippen molar-refractivity contribution in [3.63, 3.8) is 0 Å². The number of likely N-dealkylation sites (N-methyl/N-ethyl adjacent to an activating group) is 1. The van der Waals surface area contributed by atoms with Crippen LogP contribution in [0.15, 0.2) is 48.5 Å². The van der Waals surface area contributed by atoms with Gasteiger partial charge in [0.05, 0.1) is 11.6 Å². The van der Waals surface area contributed by atoms with Crippen LogP contribution in [0.25, 0.3) is 11.1 Å². The highest BCUT2D eigenvalue weighted by atomic mass is 16.2. The molecule has 96 valence electrons. The molecule has 0 radical (unpaired) electrons. The number of fused-ring (bicyclic) bond motifs is 3. The summed E-state index contributed by atoms with van der Waals surface area (Å²) in [5, 5.41) is 0. The zero-order valence-corrected chi connectivity index (χ0v) is 11.3. The Morgan fingerprint density at radius 1 is 1.00 bits per heavy atom. The second-order valence-corrected chi connectivity index (χ2v) is 4.91. The predicted molar refractivity (Wildman–Crippen MR) is 78.3 cm³/mol. The third-order valence-electron chi connectivity index (χ3n) is 3.86. The topological polar surface area (TPSA) is 20.3 Å². The van der Waals surface area contributed by atoms with E-state index < -0.39 is 0 Å². The third kappa shape index (κ3) is 1.75. The molecule has 0 aromatic heterocycles. The van der Waals surface area contributed by atoms with Gasteiger partial charge in [0.1, 0.15) is 0 Å². The van der Waals surface area contributed by atoms with Crippen molar-refractivity contribution in [2.75, 3.05) is 11.4 Å². The molecule has 1 amide bonds. The van der Waals surface area contributed by atoms with Gasteiger partial charge in [-0.05, 0) is 31.0 Å². The lowest BCUT2D eigenvalue weighted by Crippen LogP contribution is -2.33. The maximum atomic E-state index is 12.6. The van der Waals surface area contributed by atoms with Gasteiger partial charge in [0.25, 0.3) is 0 Å². The Bertz CT molecular complexity index is 633. The zero-order valence-electron chi connectivity index (χ0n) is 11.3. The fourth-order valence-corrected chi connectivity index (χ4v) is 2.87. The molecular formula is C17H17NO. The predicted octanol–water partition coefficient (Wildman–Crippen LogP) is 3.82. The largest absolute Gasteiger partial charge is 0.312 e. The first kappa shape index (κ1) is 12.0. The second-order valence-electron chi connectivity index (χ2n) is 4.91. The number of rotatable bonds is 1. The van der Waals surface area contributed by atoms with Crippen molar-refractivity contribution in [1.29, 1.82) is 0 Å². The minimum absolute atomic E-state index is 0.0939. The van der Waals surface area contributed by atoms with Gasteiger partial charge in [0.2, 0.25) is 5.91 Å². The first-order valence-corrected chi connectivity index (χ1v) is 6.73. The molecule has 0 N–H and O–H groups in total. The Labute approximate surface area is 113 Å². The van der Waals surface area contributed by atoms with E-state index in [0.29, 0.717) is 6.54 Å². The lowest BCUT2D eigenvalue weighted by molar-refractivity contribution is -0.119. The van der Waals surface area contributed by atoms with Crippen molar-refractivity contribution < 1.29 is 4.79 Å². The molecule has 0 saturated heterocycles. The van der Waals surface area contributed by atoms with Gasteiger partial charge in [-0.2, -0.15) is 0 Å². The number of amides is 1. The van der Waals surface area contributed by atoms with E-state index in [1.165, 1.54) is 5.56 Å². The lowest BCUT2D eigenvalue weighted by Gasteiger charge is -2.23. The van der Waals surface area contributed by atoms with Crippen LogP contribution in [-0.4, -0.2) is 12.5 Å². The van der Waals surface area contributed by atoms with Crippen LogP contribution >= 0.6 is 0 Å². The fraction of sp³-hybridized carbons (Fsp3) is 0.235. The molecule has 2 heteroatoms. The Kier molecular flexibility index (Phi) is 2.86. The van der Waals surface area contributed by atoms with Crippen molar-refractivity contribution in [2.45, 2.75) is 19.8 Å². The Balaban J connectivity index is 2.34. The number of carbonyl (C=O) groups excluding carboxylic acids is 1. The first-order chi connectivity index (χ1) is 9.24. The van der Waals surface area contributed by atoms with E-state index in [2.05, 4.69) is 18.2 Å². The monoisotopic (exact) mass is 251 g/mol. The Morgan fingerprint density at radius 2 is 1.63 bits per heavy atom. The van der Waals surface area contributed by atoms with Crippen molar-refractivity contribution in [3.05, 3.63) is 54.1 Å². The summed E-state index contributed by atoms with van der Waals surface area (Å²) < 4.78 is 0. The van der Waals surface area contributed by atoms with E-state index in [1.54, 1.807) is 0 Å². The van der Waals surface area contributed by atoms with Gasteiger partial charge in [-0.15, -0.1) is 0 Å². The molecule has 19 heavy (non-hydrogen) atoms. The third-order valence-corrected chi connectivity index (χ3v) is 3.86. The van der Waals surface area contributed by atoms with E-state index in [1.807, 2.05) is 49.1 Å². The lowest BCUT2D eigenvalue weighted by atomic mass is 9.92. The van der Waals surface area contributed by atoms with Crippen LogP contribution in [0.4, 0.5) is 5.69 Å². The second kappa shape index (κ2) is 4.54. The number of benzene rings is 2. The van der Waals surface area contributed by atoms with Gasteiger partial charge in [0, 0.05) is 12.1 Å². The van der Waals surface area contributed by atoms with Crippen LogP contribution in [0, 0.1) is 0 Å². The van der Waals surface area contributed by atoms with Gasteiger partial charge in [0.15, 0.2) is 0 Å². The molecule has 1 unspecified atom stereocenters. The van der Waals surface area contributed by atoms with Crippen LogP contribution in [0.5, 0.6) is 0 Å². The molecule has 0 spiro atoms. The molecule has 2 aromatic rings. The molecule has 0 aliphatic carbocycles. The number of hydrogen-bond donors (Lipinski definition) is 0. The summed E-state index contributed by atoms with van der Waals surface area (Å²) in [6, 6.07) is 16.4. The quantitative estimate of drug-likeness (QED) is 0.754. The van der Waals surface area contributed by atoms with E-state index in [4.69, 9.17) is 0 Å². The number of nitrogens with zero attached hydrogens (tertiary/aromatic N) is 1. The minimum Gasteiger partial charge on any atom is -0.312 e. The number of anilines is 1. The fourth-order valence-electron chi connectivity index (χ4n) is 2.87. The maximum Gasteiger partial charge on any atom is 0.234 e. The highest BCUT2D eigenvalue weighted by molar-refractivity contribution is 6.04. The smallest absolute Gasteiger partial charge is 0.234 e. The molecular weight excluding hydrogens is 234 g/mol. The van der Waals surface area contributed by atoms with Gasteiger partial charge >= 0.3 is 0 Å². The first-order valence-electron chi connectivity index (χ1n) is 6.73. The SMILES string of the molecule is CCN1C(=O)C(C)c2ccccc2-c2ccccc21. The normalized spacial score (nSPS) is 17.7. The van der Waals surface area contributed by atoms with Gasteiger partial charge < -0.3 is 4.90 Å². The van der Waals surface area contributed by atoms with E-state index in [9.17, 15) is 4.79 Å². The standard InChI is InChI=1S/C17H17NO/c1-3-18-16-11-7-6-10-15(16)14-9-5-4-8-13(14)12(2)17(18)19/h4-12H,3H2,1-2H3. The van der Waals surface area contributed by atoms with Crippen LogP contribution in [-0.2, 0) is 4.79 Å². The molecule has 0 fully saturated rings. The van der Waals surface area contributed by atoms with Crippen LogP contribution in [0.3, 0.4) is 0 Å². The molecule has 1 aliphatic rings. The highest BCUT2D eigenvalue weighted by Gasteiger charge is 2.29. The Morgan fingerprint density at radius 3 is 2.37 bits per heavy atom. The van der Waals surface area contributed by atoms with Gasteiger partial charge in [-0.1, -0.05) is 42.5 Å². The van der Waals surface area contributed by atoms with E-state index in [0.717, 1.165) is 16.8 Å². The average Bonchev–Trinajstić information content (AvgIpc) is 2.55. The summed E-state index contributed by atoms with van der Waals surface area (Å²) in [7, 11) is 0. The van der Waals surface area contributed by atoms with Crippen molar-refractivity contribution in [2.24, 2.45) is 0 Å². The summed E-state index contributed by atoms with van der Waals surface area (Å²) in [4.78, 5) is 14.5. The van der Waals surface area contributed by atoms with Gasteiger partial charge in [-0.3, -0.25) is 4.79 Å². The minimum atomic E-state index is -0.0939. The molecule has 3 rings (SSSR count). The maximum absolute atomic E-state index is 12.6. The molecule has 0 saturated carbocycles. The van der Waals surface area contributed by atoms with Crippen LogP contribution in [0.2, 0.25) is 0 Å². The van der Waals surface area contributed by atoms with E-state index in [-0.39, 0.29) is 11.8 Å². The molecule has 2 aromatic carbocycles. The summed E-state index contributed by atoms with van der Waals surface area (Å²) in [5.74, 6) is 0.0865. The molecule has 2 nitrogen and oxygen atoms in total. The van der Waals surface area contributed by atoms with E-state index >= 15 is 0 Å². The summed E-state index contributed by atoms with van der Waals surface area (Å²) in [6.07, 6.45) is 0. The van der Waals surface area contributed by atoms with Crippen LogP contribution in [0.1, 0.15) is 25.3 Å². The molecule has 1 heterocycles. The number of hydrogen-bond acceptors (Lipinski definition) is 1. The van der Waals surface area contributed by atoms with Gasteiger partial charge in [-0.25, -0.2) is 0 Å². The molecule has 0 bridgehead atoms. The summed E-state index contributed by atoms with van der Waals surface area (Å²) in [5.41, 5.74) is 4.47. The summed E-state index contributed by atoms with van der Waals surface area (Å²) in [6.45, 7) is 4.72. The molecule has 1 atom stereocenters. The number of para-hydroxylation sites is 1. The van der Waals surface area contributed by atoms with Crippen LogP contribution < -0.4 is 4.90 Å².